The van der Waals surface area contributed by atoms with Crippen LogP contribution in [-0.4, -0.2) is 16.2 Å². The average molecular weight is 315 g/mol. The van der Waals surface area contributed by atoms with Crippen LogP contribution in [-0.2, 0) is 4.79 Å². The van der Waals surface area contributed by atoms with Gasteiger partial charge in [-0.05, 0) is 12.1 Å². The smallest absolute Gasteiger partial charge is 0.337 e. The molecule has 20 heavy (non-hydrogen) atoms. The normalized spacial score (nSPS) is 12.2. The number of aliphatic hydroxyl groups excluding tert-OH is 1. The largest absolute Gasteiger partial charge is 0.479 e. The maximum Gasteiger partial charge on any atom is 0.337 e. The number of hydrogen-bond donors (Lipinski definition) is 2. The van der Waals surface area contributed by atoms with Crippen LogP contribution in [0.25, 0.3) is 11.1 Å². The molecule has 3 nitrogen and oxygen atoms in total. The molecule has 1 atom stereocenters. The Morgan fingerprint density at radius 3 is 2.20 bits per heavy atom. The lowest BCUT2D eigenvalue weighted by atomic mass is 9.99. The molecule has 2 aromatic rings. The molecule has 6 heteroatoms. The average Bonchev–Trinajstić information content (AvgIpc) is 2.39. The van der Waals surface area contributed by atoms with Crippen molar-refractivity contribution in [2.75, 3.05) is 0 Å². The van der Waals surface area contributed by atoms with E-state index in [-0.39, 0.29) is 26.7 Å². The minimum Gasteiger partial charge on any atom is -0.479 e. The zero-order valence-electron chi connectivity index (χ0n) is 9.98. The fourth-order valence-corrected chi connectivity index (χ4v) is 2.44. The first-order valence-corrected chi connectivity index (χ1v) is 6.32. The van der Waals surface area contributed by atoms with Gasteiger partial charge in [0.25, 0.3) is 0 Å². The van der Waals surface area contributed by atoms with E-state index < -0.39 is 17.9 Å². The van der Waals surface area contributed by atoms with Crippen LogP contribution in [0.15, 0.2) is 36.4 Å². The molecule has 1 unspecified atom stereocenters. The fourth-order valence-electron chi connectivity index (χ4n) is 1.84. The molecule has 0 aromatic heterocycles. The van der Waals surface area contributed by atoms with Crippen LogP contribution in [0.3, 0.4) is 0 Å². The Balaban J connectivity index is 2.65. The molecule has 0 aliphatic carbocycles. The number of carbonyl (C=O) groups is 1. The molecule has 0 fully saturated rings. The molecule has 2 aromatic carbocycles. The third-order valence-electron chi connectivity index (χ3n) is 2.79. The van der Waals surface area contributed by atoms with Crippen molar-refractivity contribution in [1.82, 2.24) is 0 Å². The third kappa shape index (κ3) is 2.63. The van der Waals surface area contributed by atoms with Crippen LogP contribution in [0.4, 0.5) is 4.39 Å². The van der Waals surface area contributed by atoms with Crippen molar-refractivity contribution in [3.63, 3.8) is 0 Å². The van der Waals surface area contributed by atoms with Gasteiger partial charge in [0.2, 0.25) is 0 Å². The summed E-state index contributed by atoms with van der Waals surface area (Å²) in [7, 11) is 0. The molecule has 0 heterocycles. The highest BCUT2D eigenvalue weighted by Gasteiger charge is 2.23. The number of carboxylic acids is 1. The minimum absolute atomic E-state index is 0.0402. The van der Waals surface area contributed by atoms with Crippen LogP contribution < -0.4 is 0 Å². The predicted octanol–water partition coefficient (Wildman–Crippen LogP) is 3.92. The van der Waals surface area contributed by atoms with Crippen molar-refractivity contribution in [2.24, 2.45) is 0 Å². The van der Waals surface area contributed by atoms with Crippen molar-refractivity contribution in [3.05, 3.63) is 57.8 Å². The Morgan fingerprint density at radius 2 is 1.65 bits per heavy atom. The van der Waals surface area contributed by atoms with Gasteiger partial charge in [-0.25, -0.2) is 9.18 Å². The van der Waals surface area contributed by atoms with Crippen molar-refractivity contribution in [3.8, 4) is 11.1 Å². The SMILES string of the molecule is O=C(O)C(O)c1cccc(-c2c(Cl)cccc2Cl)c1F. The second-order valence-electron chi connectivity index (χ2n) is 4.05. The second-order valence-corrected chi connectivity index (χ2v) is 4.86. The Labute approximate surface area is 124 Å². The summed E-state index contributed by atoms with van der Waals surface area (Å²) < 4.78 is 14.4. The highest BCUT2D eigenvalue weighted by atomic mass is 35.5. The number of halogens is 3. The molecule has 0 aliphatic heterocycles. The van der Waals surface area contributed by atoms with E-state index in [9.17, 15) is 14.3 Å². The molecule has 0 radical (unpaired) electrons. The first-order chi connectivity index (χ1) is 9.43. The minimum atomic E-state index is -1.95. The fraction of sp³-hybridized carbons (Fsp3) is 0.0714. The van der Waals surface area contributed by atoms with Gasteiger partial charge in [0.05, 0.1) is 0 Å². The topological polar surface area (TPSA) is 57.5 Å². The van der Waals surface area contributed by atoms with Crippen molar-refractivity contribution in [2.45, 2.75) is 6.10 Å². The summed E-state index contributed by atoms with van der Waals surface area (Å²) in [6, 6.07) is 8.75. The molecule has 2 N–H and O–H groups in total. The lowest BCUT2D eigenvalue weighted by molar-refractivity contribution is -0.147. The van der Waals surface area contributed by atoms with Gasteiger partial charge in [-0.1, -0.05) is 47.5 Å². The number of aliphatic carboxylic acids is 1. The molecule has 0 bridgehead atoms. The third-order valence-corrected chi connectivity index (χ3v) is 3.42. The zero-order valence-corrected chi connectivity index (χ0v) is 11.5. The summed E-state index contributed by atoms with van der Waals surface area (Å²) in [5.74, 6) is -2.40. The molecular weight excluding hydrogens is 306 g/mol. The zero-order chi connectivity index (χ0) is 14.9. The molecular formula is C14H9Cl2FO3. The van der Waals surface area contributed by atoms with E-state index in [0.29, 0.717) is 0 Å². The van der Waals surface area contributed by atoms with Gasteiger partial charge in [-0.15, -0.1) is 0 Å². The molecule has 0 amide bonds. The number of carboxylic acid groups (broad SMARTS) is 1. The van der Waals surface area contributed by atoms with Crippen LogP contribution in [0.2, 0.25) is 10.0 Å². The predicted molar refractivity (Wildman–Crippen MR) is 74.5 cm³/mol. The van der Waals surface area contributed by atoms with Crippen molar-refractivity contribution in [1.29, 1.82) is 0 Å². The van der Waals surface area contributed by atoms with E-state index in [1.165, 1.54) is 18.2 Å². The summed E-state index contributed by atoms with van der Waals surface area (Å²) in [6.07, 6.45) is -1.95. The Morgan fingerprint density at radius 1 is 1.10 bits per heavy atom. The summed E-state index contributed by atoms with van der Waals surface area (Å²) in [5.41, 5.74) is -0.0443. The molecule has 2 rings (SSSR count). The summed E-state index contributed by atoms with van der Waals surface area (Å²) in [4.78, 5) is 10.8. The summed E-state index contributed by atoms with van der Waals surface area (Å²) in [6.45, 7) is 0. The van der Waals surface area contributed by atoms with Crippen LogP contribution >= 0.6 is 23.2 Å². The van der Waals surface area contributed by atoms with E-state index in [1.54, 1.807) is 18.2 Å². The number of aliphatic hydroxyl groups is 1. The monoisotopic (exact) mass is 314 g/mol. The van der Waals surface area contributed by atoms with Gasteiger partial charge in [0.1, 0.15) is 5.82 Å². The Hall–Kier alpha value is -1.62. The number of rotatable bonds is 3. The highest BCUT2D eigenvalue weighted by Crippen LogP contribution is 2.37. The van der Waals surface area contributed by atoms with Gasteiger partial charge >= 0.3 is 5.97 Å². The van der Waals surface area contributed by atoms with Crippen LogP contribution in [0, 0.1) is 5.82 Å². The van der Waals surface area contributed by atoms with E-state index in [0.717, 1.165) is 0 Å². The molecule has 0 aliphatic rings. The molecule has 0 saturated carbocycles. The van der Waals surface area contributed by atoms with Crippen molar-refractivity contribution >= 4 is 29.2 Å². The van der Waals surface area contributed by atoms with E-state index in [4.69, 9.17) is 28.3 Å². The Kier molecular flexibility index (Phi) is 4.28. The van der Waals surface area contributed by atoms with Crippen LogP contribution in [0.5, 0.6) is 0 Å². The van der Waals surface area contributed by atoms with Gasteiger partial charge in [0, 0.05) is 26.7 Å². The van der Waals surface area contributed by atoms with Crippen LogP contribution in [0.1, 0.15) is 11.7 Å². The quantitative estimate of drug-likeness (QED) is 0.902. The molecule has 0 saturated heterocycles. The summed E-state index contributed by atoms with van der Waals surface area (Å²) >= 11 is 12.0. The van der Waals surface area contributed by atoms with Gasteiger partial charge in [-0.3, -0.25) is 0 Å². The molecule has 104 valence electrons. The lowest BCUT2D eigenvalue weighted by Gasteiger charge is -2.13. The number of hydrogen-bond acceptors (Lipinski definition) is 2. The van der Waals surface area contributed by atoms with E-state index in [2.05, 4.69) is 0 Å². The lowest BCUT2D eigenvalue weighted by Crippen LogP contribution is -2.12. The highest BCUT2D eigenvalue weighted by molar-refractivity contribution is 6.39. The van der Waals surface area contributed by atoms with E-state index in [1.807, 2.05) is 0 Å². The van der Waals surface area contributed by atoms with Gasteiger partial charge in [0.15, 0.2) is 6.10 Å². The number of benzene rings is 2. The maximum atomic E-state index is 14.4. The maximum absolute atomic E-state index is 14.4. The van der Waals surface area contributed by atoms with Gasteiger partial charge < -0.3 is 10.2 Å². The van der Waals surface area contributed by atoms with Gasteiger partial charge in [-0.2, -0.15) is 0 Å². The first kappa shape index (κ1) is 14.8. The van der Waals surface area contributed by atoms with E-state index >= 15 is 0 Å². The molecule has 0 spiro atoms. The second kappa shape index (κ2) is 5.79. The first-order valence-electron chi connectivity index (χ1n) is 5.57. The van der Waals surface area contributed by atoms with Crippen molar-refractivity contribution < 1.29 is 19.4 Å². The Bertz CT molecular complexity index is 653. The summed E-state index contributed by atoms with van der Waals surface area (Å²) in [5, 5.41) is 18.7. The standard InChI is InChI=1S/C14H9Cl2FO3/c15-9-5-2-6-10(16)11(9)7-3-1-4-8(12(7)17)13(18)14(19)20/h1-6,13,18H,(H,19,20).